The summed E-state index contributed by atoms with van der Waals surface area (Å²) >= 11 is 0. The number of nitrogens with one attached hydrogen (secondary N) is 2. The Morgan fingerprint density at radius 1 is 1.05 bits per heavy atom. The molecule has 1 fully saturated rings. The molecule has 4 aromatic rings. The summed E-state index contributed by atoms with van der Waals surface area (Å²) in [5, 5.41) is 18.2. The van der Waals surface area contributed by atoms with Gasteiger partial charge in [-0.15, -0.1) is 0 Å². The second kappa shape index (κ2) is 12.7. The smallest absolute Gasteiger partial charge is 0.251 e. The summed E-state index contributed by atoms with van der Waals surface area (Å²) in [5.41, 5.74) is 4.24. The van der Waals surface area contributed by atoms with Gasteiger partial charge in [0.25, 0.3) is 5.91 Å². The van der Waals surface area contributed by atoms with Gasteiger partial charge in [-0.2, -0.15) is 0 Å². The number of aliphatic hydroxyl groups excluding tert-OH is 1. The van der Waals surface area contributed by atoms with Gasteiger partial charge >= 0.3 is 0 Å². The Kier molecular flexibility index (Phi) is 8.54. The summed E-state index contributed by atoms with van der Waals surface area (Å²) in [5.74, 6) is 0.0893. The number of amides is 1. The Bertz CT molecular complexity index is 1560. The molecule has 2 aliphatic rings. The molecule has 6 rings (SSSR count). The van der Waals surface area contributed by atoms with Crippen molar-refractivity contribution < 1.29 is 19.0 Å². The van der Waals surface area contributed by atoms with E-state index in [2.05, 4.69) is 40.7 Å². The van der Waals surface area contributed by atoms with Gasteiger partial charge in [0, 0.05) is 41.9 Å². The van der Waals surface area contributed by atoms with Crippen molar-refractivity contribution in [2.45, 2.75) is 69.2 Å². The van der Waals surface area contributed by atoms with E-state index in [0.717, 1.165) is 49.0 Å². The highest BCUT2D eigenvalue weighted by atomic mass is 19.1. The lowest BCUT2D eigenvalue weighted by molar-refractivity contribution is -0.0382. The largest absolute Gasteiger partial charge is 0.487 e. The molecule has 222 valence electrons. The lowest BCUT2D eigenvalue weighted by Gasteiger charge is -2.48. The van der Waals surface area contributed by atoms with E-state index in [9.17, 15) is 14.3 Å². The van der Waals surface area contributed by atoms with Crippen LogP contribution >= 0.6 is 0 Å². The van der Waals surface area contributed by atoms with Crippen molar-refractivity contribution >= 4 is 5.91 Å². The fourth-order valence-electron chi connectivity index (χ4n) is 6.19. The molecule has 1 spiro atoms. The van der Waals surface area contributed by atoms with Crippen molar-refractivity contribution in [1.82, 2.24) is 15.6 Å². The van der Waals surface area contributed by atoms with Crippen molar-refractivity contribution in [2.75, 3.05) is 6.54 Å². The third-order valence-electron chi connectivity index (χ3n) is 8.85. The minimum absolute atomic E-state index is 0.0382. The summed E-state index contributed by atoms with van der Waals surface area (Å²) in [6.07, 6.45) is 6.17. The zero-order valence-corrected chi connectivity index (χ0v) is 24.4. The summed E-state index contributed by atoms with van der Waals surface area (Å²) in [6.45, 7) is 2.43. The fourth-order valence-corrected chi connectivity index (χ4v) is 6.19. The van der Waals surface area contributed by atoms with Crippen LogP contribution in [-0.4, -0.2) is 40.3 Å². The highest BCUT2D eigenvalue weighted by Gasteiger charge is 2.45. The second-order valence-electron chi connectivity index (χ2n) is 11.8. The highest BCUT2D eigenvalue weighted by molar-refractivity contribution is 5.95. The molecule has 1 saturated carbocycles. The summed E-state index contributed by atoms with van der Waals surface area (Å²) in [7, 11) is 0. The van der Waals surface area contributed by atoms with Crippen molar-refractivity contribution in [1.29, 1.82) is 0 Å². The van der Waals surface area contributed by atoms with Crippen LogP contribution in [0.5, 0.6) is 5.75 Å². The van der Waals surface area contributed by atoms with Gasteiger partial charge in [0.1, 0.15) is 17.2 Å². The lowest BCUT2D eigenvalue weighted by atomic mass is 9.72. The zero-order chi connectivity index (χ0) is 29.8. The molecule has 0 saturated heterocycles. The Morgan fingerprint density at radius 2 is 1.86 bits per heavy atom. The number of benzene rings is 3. The SMILES string of the molecule is CCc1ccc2c(c1)[C@@H](NC[C@@H](O)[C@H](Cc1ccccc1)NC(=O)c1ccc(F)c(-c3ccccn3)c1)CC1(CCC1)O2. The van der Waals surface area contributed by atoms with E-state index in [1.165, 1.54) is 23.8 Å². The van der Waals surface area contributed by atoms with Gasteiger partial charge in [0.15, 0.2) is 0 Å². The van der Waals surface area contributed by atoms with Gasteiger partial charge in [0.2, 0.25) is 0 Å². The predicted molar refractivity (Wildman–Crippen MR) is 165 cm³/mol. The Morgan fingerprint density at radius 3 is 2.58 bits per heavy atom. The lowest BCUT2D eigenvalue weighted by Crippen LogP contribution is -2.52. The third-order valence-corrected chi connectivity index (χ3v) is 8.85. The van der Waals surface area contributed by atoms with Crippen molar-refractivity contribution in [3.8, 4) is 17.0 Å². The van der Waals surface area contributed by atoms with Gasteiger partial charge < -0.3 is 20.5 Å². The first-order valence-electron chi connectivity index (χ1n) is 15.2. The van der Waals surface area contributed by atoms with Crippen LogP contribution in [0.25, 0.3) is 11.3 Å². The number of nitrogens with zero attached hydrogens (tertiary/aromatic N) is 1. The van der Waals surface area contributed by atoms with Gasteiger partial charge in [-0.1, -0.05) is 55.5 Å². The number of hydrogen-bond acceptors (Lipinski definition) is 5. The van der Waals surface area contributed by atoms with Crippen LogP contribution in [-0.2, 0) is 12.8 Å². The molecule has 43 heavy (non-hydrogen) atoms. The minimum atomic E-state index is -0.877. The van der Waals surface area contributed by atoms with E-state index in [4.69, 9.17) is 4.74 Å². The number of halogens is 1. The van der Waals surface area contributed by atoms with Gasteiger partial charge in [-0.3, -0.25) is 9.78 Å². The van der Waals surface area contributed by atoms with Gasteiger partial charge in [0.05, 0.1) is 17.8 Å². The van der Waals surface area contributed by atoms with Crippen molar-refractivity contribution in [3.63, 3.8) is 0 Å². The number of hydrogen-bond donors (Lipinski definition) is 3. The molecular formula is C36H38FN3O3. The topological polar surface area (TPSA) is 83.5 Å². The van der Waals surface area contributed by atoms with Crippen LogP contribution in [0.15, 0.2) is 91.1 Å². The van der Waals surface area contributed by atoms with E-state index in [1.807, 2.05) is 30.3 Å². The first kappa shape index (κ1) is 29.0. The van der Waals surface area contributed by atoms with Crippen LogP contribution in [0.4, 0.5) is 4.39 Å². The molecule has 1 amide bonds. The van der Waals surface area contributed by atoms with Crippen molar-refractivity contribution in [3.05, 3.63) is 119 Å². The molecular weight excluding hydrogens is 541 g/mol. The standard InChI is InChI=1S/C36H38FN3O3/c1-2-24-12-15-34-28(19-24)32(22-36(43-34)16-8-17-36)39-23-33(41)31(20-25-9-4-3-5-10-25)40-35(42)26-13-14-29(37)27(21-26)30-11-6-7-18-38-30/h3-7,9-15,18-19,21,31-33,39,41H,2,8,16-17,20,22-23H2,1H3,(H,40,42)/t31-,32-,33+/m0/s1. The molecule has 0 radical (unpaired) electrons. The van der Waals surface area contributed by atoms with Crippen LogP contribution in [0.3, 0.4) is 0 Å². The average molecular weight is 580 g/mol. The molecule has 1 aliphatic carbocycles. The highest BCUT2D eigenvalue weighted by Crippen LogP contribution is 2.49. The minimum Gasteiger partial charge on any atom is -0.487 e. The number of carbonyl (C=O) groups excluding carboxylic acids is 1. The molecule has 2 heterocycles. The molecule has 0 unspecified atom stereocenters. The third kappa shape index (κ3) is 6.48. The number of pyridine rings is 1. The monoisotopic (exact) mass is 579 g/mol. The van der Waals surface area contributed by atoms with Crippen molar-refractivity contribution in [2.24, 2.45) is 0 Å². The van der Waals surface area contributed by atoms with E-state index < -0.39 is 18.0 Å². The summed E-state index contributed by atoms with van der Waals surface area (Å²) in [6, 6.07) is 25.2. The fraction of sp³-hybridized carbons (Fsp3) is 0.333. The number of aliphatic hydroxyl groups is 1. The van der Waals surface area contributed by atoms with Gasteiger partial charge in [-0.25, -0.2) is 4.39 Å². The van der Waals surface area contributed by atoms with Crippen LogP contribution in [0.1, 0.15) is 65.7 Å². The molecule has 1 aliphatic heterocycles. The number of fused-ring (bicyclic) bond motifs is 1. The van der Waals surface area contributed by atoms with E-state index >= 15 is 0 Å². The summed E-state index contributed by atoms with van der Waals surface area (Å²) < 4.78 is 21.2. The van der Waals surface area contributed by atoms with E-state index in [1.54, 1.807) is 24.4 Å². The molecule has 3 N–H and O–H groups in total. The number of aromatic nitrogens is 1. The van der Waals surface area contributed by atoms with E-state index in [-0.39, 0.29) is 29.7 Å². The molecule has 1 aromatic heterocycles. The molecule has 6 nitrogen and oxygen atoms in total. The summed E-state index contributed by atoms with van der Waals surface area (Å²) in [4.78, 5) is 17.8. The maximum absolute atomic E-state index is 14.7. The number of ether oxygens (including phenoxy) is 1. The Labute approximate surface area is 252 Å². The quantitative estimate of drug-likeness (QED) is 0.209. The Hall–Kier alpha value is -4.07. The number of carbonyl (C=O) groups is 1. The Balaban J connectivity index is 1.21. The predicted octanol–water partition coefficient (Wildman–Crippen LogP) is 6.19. The maximum Gasteiger partial charge on any atom is 0.251 e. The number of aryl methyl sites for hydroxylation is 1. The zero-order valence-electron chi connectivity index (χ0n) is 24.4. The molecule has 0 bridgehead atoms. The normalized spacial score (nSPS) is 18.2. The first-order valence-corrected chi connectivity index (χ1v) is 15.2. The molecule has 3 atom stereocenters. The van der Waals surface area contributed by atoms with Crippen LogP contribution in [0.2, 0.25) is 0 Å². The first-order chi connectivity index (χ1) is 20.9. The molecule has 7 heteroatoms. The van der Waals surface area contributed by atoms with Crippen LogP contribution < -0.4 is 15.4 Å². The maximum atomic E-state index is 14.7. The van der Waals surface area contributed by atoms with Crippen LogP contribution in [0, 0.1) is 5.82 Å². The second-order valence-corrected chi connectivity index (χ2v) is 11.8. The molecule has 3 aromatic carbocycles. The number of rotatable bonds is 10. The van der Waals surface area contributed by atoms with Gasteiger partial charge in [-0.05, 0) is 79.6 Å². The van der Waals surface area contributed by atoms with E-state index in [0.29, 0.717) is 17.7 Å². The average Bonchev–Trinajstić information content (AvgIpc) is 3.03.